The third kappa shape index (κ3) is 1.77. The van der Waals surface area contributed by atoms with Gasteiger partial charge >= 0.3 is 0 Å². The zero-order valence-corrected chi connectivity index (χ0v) is 8.37. The third-order valence-corrected chi connectivity index (χ3v) is 2.94. The van der Waals surface area contributed by atoms with Gasteiger partial charge in [-0.15, -0.1) is 0 Å². The maximum absolute atomic E-state index is 10.9. The topological polar surface area (TPSA) is 37.4 Å². The fraction of sp³-hybridized carbons (Fsp3) is 0.333. The molecule has 2 atom stereocenters. The zero-order chi connectivity index (χ0) is 10.7. The van der Waals surface area contributed by atoms with Crippen molar-refractivity contribution in [3.05, 3.63) is 35.9 Å². The fourth-order valence-corrected chi connectivity index (χ4v) is 2.16. The fourth-order valence-electron chi connectivity index (χ4n) is 2.16. The molecule has 3 heteroatoms. The molecule has 1 amide bonds. The highest BCUT2D eigenvalue weighted by Gasteiger charge is 2.32. The Hall–Kier alpha value is -1.64. The van der Waals surface area contributed by atoms with Crippen molar-refractivity contribution in [2.45, 2.75) is 24.9 Å². The molecule has 1 saturated heterocycles. The molecule has 0 aromatic heterocycles. The number of hydrogen-bond donors (Lipinski definition) is 0. The molecule has 0 bridgehead atoms. The van der Waals surface area contributed by atoms with E-state index < -0.39 is 0 Å². The summed E-state index contributed by atoms with van der Waals surface area (Å²) in [5.41, 5.74) is 1.11. The Kier molecular flexibility index (Phi) is 2.81. The number of hydrogen-bond acceptors (Lipinski definition) is 2. The van der Waals surface area contributed by atoms with Crippen molar-refractivity contribution < 1.29 is 9.59 Å². The quantitative estimate of drug-likeness (QED) is 0.699. The second-order valence-electron chi connectivity index (χ2n) is 3.76. The summed E-state index contributed by atoms with van der Waals surface area (Å²) in [6.45, 7) is 0. The Morgan fingerprint density at radius 1 is 1.13 bits per heavy atom. The summed E-state index contributed by atoms with van der Waals surface area (Å²) >= 11 is 0. The molecule has 0 spiro atoms. The minimum atomic E-state index is -0.243. The van der Waals surface area contributed by atoms with Crippen LogP contribution in [0, 0.1) is 0 Å². The molecule has 15 heavy (non-hydrogen) atoms. The molecule has 1 heterocycles. The minimum absolute atomic E-state index is 0.0684. The average molecular weight is 203 g/mol. The van der Waals surface area contributed by atoms with Crippen molar-refractivity contribution in [2.24, 2.45) is 0 Å². The number of likely N-dealkylation sites (tertiary alicyclic amines) is 1. The second-order valence-corrected chi connectivity index (χ2v) is 3.76. The minimum Gasteiger partial charge on any atom is -0.328 e. The van der Waals surface area contributed by atoms with E-state index in [9.17, 15) is 9.59 Å². The van der Waals surface area contributed by atoms with Crippen LogP contribution >= 0.6 is 0 Å². The second kappa shape index (κ2) is 4.26. The van der Waals surface area contributed by atoms with Gasteiger partial charge in [0.05, 0.1) is 12.1 Å². The van der Waals surface area contributed by atoms with Crippen LogP contribution in [0.3, 0.4) is 0 Å². The van der Waals surface area contributed by atoms with Gasteiger partial charge in [-0.1, -0.05) is 30.3 Å². The van der Waals surface area contributed by atoms with E-state index in [4.69, 9.17) is 0 Å². The Morgan fingerprint density at radius 2 is 1.87 bits per heavy atom. The van der Waals surface area contributed by atoms with Crippen molar-refractivity contribution in [2.75, 3.05) is 0 Å². The Bertz CT molecular complexity index is 350. The van der Waals surface area contributed by atoms with Crippen LogP contribution in [0.25, 0.3) is 0 Å². The van der Waals surface area contributed by atoms with E-state index in [1.807, 2.05) is 30.3 Å². The Labute approximate surface area is 88.7 Å². The van der Waals surface area contributed by atoms with E-state index in [0.29, 0.717) is 0 Å². The Morgan fingerprint density at radius 3 is 2.47 bits per heavy atom. The average Bonchev–Trinajstić information content (AvgIpc) is 2.72. The summed E-state index contributed by atoms with van der Waals surface area (Å²) in [7, 11) is 0. The van der Waals surface area contributed by atoms with Gasteiger partial charge in [0, 0.05) is 0 Å². The molecule has 1 aromatic carbocycles. The predicted octanol–water partition coefficient (Wildman–Crippen LogP) is 1.55. The number of nitrogens with zero attached hydrogens (tertiary/aromatic N) is 1. The van der Waals surface area contributed by atoms with Crippen LogP contribution < -0.4 is 0 Å². The normalized spacial score (nSPS) is 25.2. The number of benzene rings is 1. The van der Waals surface area contributed by atoms with Crippen molar-refractivity contribution in [1.82, 2.24) is 4.90 Å². The lowest BCUT2D eigenvalue weighted by Crippen LogP contribution is -2.31. The van der Waals surface area contributed by atoms with Crippen molar-refractivity contribution in [3.63, 3.8) is 0 Å². The first-order valence-corrected chi connectivity index (χ1v) is 5.10. The van der Waals surface area contributed by atoms with Gasteiger partial charge in [0.25, 0.3) is 0 Å². The van der Waals surface area contributed by atoms with E-state index >= 15 is 0 Å². The van der Waals surface area contributed by atoms with Crippen LogP contribution in [0.1, 0.15) is 24.4 Å². The van der Waals surface area contributed by atoms with Crippen LogP contribution in [0.4, 0.5) is 0 Å². The Balaban J connectivity index is 2.24. The highest BCUT2D eigenvalue weighted by atomic mass is 16.1. The molecule has 0 N–H and O–H groups in total. The van der Waals surface area contributed by atoms with Crippen LogP contribution in [0.2, 0.25) is 0 Å². The van der Waals surface area contributed by atoms with E-state index in [0.717, 1.165) is 31.1 Å². The summed E-state index contributed by atoms with van der Waals surface area (Å²) < 4.78 is 0. The van der Waals surface area contributed by atoms with E-state index in [1.165, 1.54) is 0 Å². The molecule has 0 aliphatic carbocycles. The molecule has 2 rings (SSSR count). The molecule has 1 fully saturated rings. The first kappa shape index (κ1) is 9.90. The largest absolute Gasteiger partial charge is 0.328 e. The van der Waals surface area contributed by atoms with Crippen molar-refractivity contribution >= 4 is 12.7 Å². The summed E-state index contributed by atoms with van der Waals surface area (Å²) in [6, 6.07) is 9.66. The van der Waals surface area contributed by atoms with Crippen molar-refractivity contribution in [3.8, 4) is 0 Å². The molecular formula is C12H13NO2. The molecule has 78 valence electrons. The van der Waals surface area contributed by atoms with Gasteiger partial charge in [-0.3, -0.25) is 4.79 Å². The number of amides is 1. The molecular weight excluding hydrogens is 190 g/mol. The summed E-state index contributed by atoms with van der Waals surface area (Å²) in [4.78, 5) is 23.3. The van der Waals surface area contributed by atoms with E-state index in [1.54, 1.807) is 4.90 Å². The maximum Gasteiger partial charge on any atom is 0.210 e. The van der Waals surface area contributed by atoms with Crippen LogP contribution in [0.5, 0.6) is 0 Å². The summed E-state index contributed by atoms with van der Waals surface area (Å²) in [5.74, 6) is 0. The zero-order valence-electron chi connectivity index (χ0n) is 8.37. The van der Waals surface area contributed by atoms with Gasteiger partial charge in [0.1, 0.15) is 6.29 Å². The van der Waals surface area contributed by atoms with Gasteiger partial charge in [-0.05, 0) is 18.4 Å². The van der Waals surface area contributed by atoms with Gasteiger partial charge in [0.2, 0.25) is 6.41 Å². The van der Waals surface area contributed by atoms with E-state index in [-0.39, 0.29) is 12.1 Å². The molecule has 1 aliphatic heterocycles. The highest BCUT2D eigenvalue weighted by molar-refractivity contribution is 5.65. The molecule has 1 aromatic rings. The van der Waals surface area contributed by atoms with E-state index in [2.05, 4.69) is 0 Å². The molecule has 0 saturated carbocycles. The highest BCUT2D eigenvalue weighted by Crippen LogP contribution is 2.33. The number of carbonyl (C=O) groups is 2. The maximum atomic E-state index is 10.9. The van der Waals surface area contributed by atoms with Crippen molar-refractivity contribution in [1.29, 1.82) is 0 Å². The lowest BCUT2D eigenvalue weighted by molar-refractivity contribution is -0.125. The first-order valence-electron chi connectivity index (χ1n) is 5.10. The number of aldehydes is 1. The monoisotopic (exact) mass is 203 g/mol. The smallest absolute Gasteiger partial charge is 0.210 e. The molecule has 3 nitrogen and oxygen atoms in total. The standard InChI is InChI=1S/C12H13NO2/c14-8-11-6-7-12(13(11)9-15)10-4-2-1-3-5-10/h1-5,8-9,11-12H,6-7H2/t11-,12?/m0/s1. The van der Waals surface area contributed by atoms with Gasteiger partial charge in [-0.2, -0.15) is 0 Å². The van der Waals surface area contributed by atoms with Crippen LogP contribution in [-0.4, -0.2) is 23.6 Å². The lowest BCUT2D eigenvalue weighted by atomic mass is 10.1. The third-order valence-electron chi connectivity index (χ3n) is 2.94. The van der Waals surface area contributed by atoms with Gasteiger partial charge in [0.15, 0.2) is 0 Å². The summed E-state index contributed by atoms with van der Waals surface area (Å²) in [5, 5.41) is 0. The molecule has 0 radical (unpaired) electrons. The molecule has 1 unspecified atom stereocenters. The number of carbonyl (C=O) groups excluding carboxylic acids is 2. The molecule has 1 aliphatic rings. The van der Waals surface area contributed by atoms with Gasteiger partial charge < -0.3 is 9.69 Å². The summed E-state index contributed by atoms with van der Waals surface area (Å²) in [6.07, 6.45) is 3.27. The van der Waals surface area contributed by atoms with Crippen LogP contribution in [-0.2, 0) is 9.59 Å². The van der Waals surface area contributed by atoms with Gasteiger partial charge in [-0.25, -0.2) is 0 Å². The lowest BCUT2D eigenvalue weighted by Gasteiger charge is -2.23. The predicted molar refractivity (Wildman–Crippen MR) is 56.2 cm³/mol. The SMILES string of the molecule is O=C[C@@H]1CCC(c2ccccc2)N1C=O. The first-order chi connectivity index (χ1) is 7.36. The van der Waals surface area contributed by atoms with Crippen LogP contribution in [0.15, 0.2) is 30.3 Å². The number of rotatable bonds is 3.